The number of nitrogens with zero attached hydrogens (tertiary/aromatic N) is 2. The molecule has 2 aliphatic heterocycles. The lowest BCUT2D eigenvalue weighted by Gasteiger charge is -2.35. The number of hydrogen-bond donors (Lipinski definition) is 1. The van der Waals surface area contributed by atoms with Gasteiger partial charge in [0.25, 0.3) is 0 Å². The summed E-state index contributed by atoms with van der Waals surface area (Å²) in [7, 11) is -3.63. The van der Waals surface area contributed by atoms with Gasteiger partial charge in [0.1, 0.15) is 0 Å². The zero-order chi connectivity index (χ0) is 20.1. The number of sulfonamides is 1. The van der Waals surface area contributed by atoms with Crippen LogP contribution >= 0.6 is 0 Å². The van der Waals surface area contributed by atoms with E-state index in [1.807, 2.05) is 4.90 Å². The fourth-order valence-corrected chi connectivity index (χ4v) is 4.91. The molecule has 0 unspecified atom stereocenters. The first-order chi connectivity index (χ1) is 13.4. The molecule has 0 atom stereocenters. The molecule has 1 aromatic carbocycles. The van der Waals surface area contributed by atoms with E-state index in [9.17, 15) is 18.0 Å². The molecule has 1 aromatic rings. The van der Waals surface area contributed by atoms with Crippen LogP contribution in [-0.2, 0) is 24.3 Å². The van der Waals surface area contributed by atoms with Crippen molar-refractivity contribution < 1.29 is 22.7 Å². The molecular weight excluding hydrogens is 382 g/mol. The third-order valence-corrected chi connectivity index (χ3v) is 6.98. The molecule has 0 radical (unpaired) electrons. The smallest absolute Gasteiger partial charge is 0.247 e. The van der Waals surface area contributed by atoms with Crippen LogP contribution in [0.2, 0.25) is 0 Å². The van der Waals surface area contributed by atoms with E-state index in [1.54, 1.807) is 12.1 Å². The average Bonchev–Trinajstić information content (AvgIpc) is 2.74. The Hall–Kier alpha value is -2.23. The Morgan fingerprint density at radius 3 is 2.25 bits per heavy atom. The molecule has 2 heterocycles. The Morgan fingerprint density at radius 2 is 1.68 bits per heavy atom. The maximum absolute atomic E-state index is 12.9. The number of benzene rings is 1. The monoisotopic (exact) mass is 407 g/mol. The van der Waals surface area contributed by atoms with E-state index in [4.69, 9.17) is 4.74 Å². The second kappa shape index (κ2) is 8.85. The summed E-state index contributed by atoms with van der Waals surface area (Å²) >= 11 is 0. The summed E-state index contributed by atoms with van der Waals surface area (Å²) in [6.07, 6.45) is 2.18. The van der Waals surface area contributed by atoms with Crippen molar-refractivity contribution in [3.05, 3.63) is 36.9 Å². The molecule has 2 fully saturated rings. The number of amides is 2. The summed E-state index contributed by atoms with van der Waals surface area (Å²) in [5.41, 5.74) is 0.499. The summed E-state index contributed by atoms with van der Waals surface area (Å²) in [6, 6.07) is 6.03. The first kappa shape index (κ1) is 20.5. The number of hydrogen-bond acceptors (Lipinski definition) is 5. The van der Waals surface area contributed by atoms with Crippen LogP contribution < -0.4 is 5.32 Å². The van der Waals surface area contributed by atoms with Gasteiger partial charge < -0.3 is 15.0 Å². The number of rotatable bonds is 5. The number of morpholine rings is 1. The Kier molecular flexibility index (Phi) is 6.48. The highest BCUT2D eigenvalue weighted by Gasteiger charge is 2.34. The van der Waals surface area contributed by atoms with Crippen molar-refractivity contribution in [1.29, 1.82) is 0 Å². The molecule has 0 bridgehead atoms. The Balaban J connectivity index is 1.60. The van der Waals surface area contributed by atoms with Gasteiger partial charge in [0.05, 0.1) is 18.1 Å². The van der Waals surface area contributed by atoms with Crippen LogP contribution in [0.15, 0.2) is 41.8 Å². The van der Waals surface area contributed by atoms with Crippen molar-refractivity contribution in [3.63, 3.8) is 0 Å². The fourth-order valence-electron chi connectivity index (χ4n) is 3.44. The van der Waals surface area contributed by atoms with Gasteiger partial charge in [-0.3, -0.25) is 9.59 Å². The number of nitrogens with one attached hydrogen (secondary N) is 1. The number of piperidine rings is 1. The molecule has 0 aliphatic carbocycles. The SMILES string of the molecule is C=CC(=O)Nc1ccc(S(=O)(=O)N2CCC(C(=O)N3CCOCC3)CC2)cc1. The molecular formula is C19H25N3O5S. The molecule has 2 amide bonds. The quantitative estimate of drug-likeness (QED) is 0.737. The highest BCUT2D eigenvalue weighted by molar-refractivity contribution is 7.89. The van der Waals surface area contributed by atoms with Gasteiger partial charge >= 0.3 is 0 Å². The van der Waals surface area contributed by atoms with Crippen molar-refractivity contribution in [2.45, 2.75) is 17.7 Å². The van der Waals surface area contributed by atoms with E-state index >= 15 is 0 Å². The van der Waals surface area contributed by atoms with E-state index in [0.717, 1.165) is 6.08 Å². The summed E-state index contributed by atoms with van der Waals surface area (Å²) in [4.78, 5) is 25.9. The van der Waals surface area contributed by atoms with E-state index in [-0.39, 0.29) is 22.6 Å². The summed E-state index contributed by atoms with van der Waals surface area (Å²) in [5.74, 6) is -0.397. The van der Waals surface area contributed by atoms with E-state index in [2.05, 4.69) is 11.9 Å². The number of carbonyl (C=O) groups excluding carboxylic acids is 2. The zero-order valence-corrected chi connectivity index (χ0v) is 16.5. The molecule has 152 valence electrons. The second-order valence-electron chi connectivity index (χ2n) is 6.83. The van der Waals surface area contributed by atoms with Crippen LogP contribution in [-0.4, -0.2) is 68.8 Å². The maximum Gasteiger partial charge on any atom is 0.247 e. The molecule has 28 heavy (non-hydrogen) atoms. The average molecular weight is 407 g/mol. The normalized spacial score (nSPS) is 19.2. The van der Waals surface area contributed by atoms with Crippen molar-refractivity contribution in [3.8, 4) is 0 Å². The minimum atomic E-state index is -3.63. The third kappa shape index (κ3) is 4.60. The van der Waals surface area contributed by atoms with Crippen LogP contribution in [0, 0.1) is 5.92 Å². The van der Waals surface area contributed by atoms with Crippen LogP contribution in [0.3, 0.4) is 0 Å². The van der Waals surface area contributed by atoms with Gasteiger partial charge in [-0.15, -0.1) is 0 Å². The van der Waals surface area contributed by atoms with Crippen LogP contribution in [0.25, 0.3) is 0 Å². The lowest BCUT2D eigenvalue weighted by molar-refractivity contribution is -0.140. The number of anilines is 1. The minimum absolute atomic E-state index is 0.0997. The minimum Gasteiger partial charge on any atom is -0.378 e. The zero-order valence-electron chi connectivity index (χ0n) is 15.7. The van der Waals surface area contributed by atoms with E-state index in [1.165, 1.54) is 16.4 Å². The molecule has 2 saturated heterocycles. The molecule has 0 saturated carbocycles. The molecule has 3 rings (SSSR count). The van der Waals surface area contributed by atoms with Gasteiger partial charge in [-0.2, -0.15) is 4.31 Å². The van der Waals surface area contributed by atoms with Gasteiger partial charge in [0.15, 0.2) is 0 Å². The molecule has 8 nitrogen and oxygen atoms in total. The number of carbonyl (C=O) groups is 2. The predicted molar refractivity (Wildman–Crippen MR) is 104 cm³/mol. The Labute approximate surface area is 165 Å². The number of ether oxygens (including phenoxy) is 1. The summed E-state index contributed by atoms with van der Waals surface area (Å²) in [5, 5.41) is 2.58. The first-order valence-corrected chi connectivity index (χ1v) is 10.8. The molecule has 0 aromatic heterocycles. The van der Waals surface area contributed by atoms with E-state index < -0.39 is 10.0 Å². The summed E-state index contributed by atoms with van der Waals surface area (Å²) < 4.78 is 32.4. The standard InChI is InChI=1S/C19H25N3O5S/c1-2-18(23)20-16-3-5-17(6-4-16)28(25,26)22-9-7-15(8-10-22)19(24)21-11-13-27-14-12-21/h2-6,15H,1,7-14H2,(H,20,23). The van der Waals surface area contributed by atoms with Gasteiger partial charge in [-0.25, -0.2) is 8.42 Å². The van der Waals surface area contributed by atoms with Gasteiger partial charge in [-0.1, -0.05) is 6.58 Å². The Bertz CT molecular complexity index is 824. The van der Waals surface area contributed by atoms with Gasteiger partial charge in [0.2, 0.25) is 21.8 Å². The maximum atomic E-state index is 12.9. The van der Waals surface area contributed by atoms with Crippen molar-refractivity contribution in [1.82, 2.24) is 9.21 Å². The van der Waals surface area contributed by atoms with Crippen LogP contribution in [0.4, 0.5) is 5.69 Å². The second-order valence-corrected chi connectivity index (χ2v) is 8.77. The van der Waals surface area contributed by atoms with E-state index in [0.29, 0.717) is 57.9 Å². The highest BCUT2D eigenvalue weighted by atomic mass is 32.2. The predicted octanol–water partition coefficient (Wildman–Crippen LogP) is 1.07. The largest absolute Gasteiger partial charge is 0.378 e. The molecule has 0 spiro atoms. The lowest BCUT2D eigenvalue weighted by Crippen LogP contribution is -2.47. The fraction of sp³-hybridized carbons (Fsp3) is 0.474. The van der Waals surface area contributed by atoms with Gasteiger partial charge in [0, 0.05) is 37.8 Å². The van der Waals surface area contributed by atoms with Crippen molar-refractivity contribution >= 4 is 27.5 Å². The van der Waals surface area contributed by atoms with Gasteiger partial charge in [-0.05, 0) is 43.2 Å². The molecule has 2 aliphatic rings. The highest BCUT2D eigenvalue weighted by Crippen LogP contribution is 2.26. The summed E-state index contributed by atoms with van der Waals surface area (Å²) in [6.45, 7) is 6.33. The topological polar surface area (TPSA) is 96.0 Å². The molecule has 9 heteroatoms. The Morgan fingerprint density at radius 1 is 1.07 bits per heavy atom. The van der Waals surface area contributed by atoms with Crippen LogP contribution in [0.5, 0.6) is 0 Å². The molecule has 1 N–H and O–H groups in total. The van der Waals surface area contributed by atoms with Crippen molar-refractivity contribution in [2.24, 2.45) is 5.92 Å². The van der Waals surface area contributed by atoms with Crippen molar-refractivity contribution in [2.75, 3.05) is 44.7 Å². The lowest BCUT2D eigenvalue weighted by atomic mass is 9.96. The third-order valence-electron chi connectivity index (χ3n) is 5.07. The first-order valence-electron chi connectivity index (χ1n) is 9.32. The van der Waals surface area contributed by atoms with Crippen LogP contribution in [0.1, 0.15) is 12.8 Å².